The van der Waals surface area contributed by atoms with E-state index in [-0.39, 0.29) is 18.2 Å². The normalized spacial score (nSPS) is 17.7. The molecule has 0 saturated carbocycles. The number of benzene rings is 1. The molecule has 0 bridgehead atoms. The molecule has 0 spiro atoms. The first kappa shape index (κ1) is 12.6. The average Bonchev–Trinajstić information content (AvgIpc) is 2.67. The van der Waals surface area contributed by atoms with Gasteiger partial charge in [0.05, 0.1) is 12.1 Å². The Labute approximate surface area is 106 Å². The summed E-state index contributed by atoms with van der Waals surface area (Å²) in [7, 11) is 0. The van der Waals surface area contributed by atoms with Crippen LogP contribution in [0.3, 0.4) is 0 Å². The Morgan fingerprint density at radius 1 is 1.44 bits per heavy atom. The molecule has 1 aliphatic rings. The van der Waals surface area contributed by atoms with Crippen molar-refractivity contribution in [3.63, 3.8) is 0 Å². The van der Waals surface area contributed by atoms with Crippen LogP contribution in [0.2, 0.25) is 0 Å². The molecular weight excluding hydrogens is 230 g/mol. The molecule has 1 amide bonds. The van der Waals surface area contributed by atoms with Gasteiger partial charge >= 0.3 is 5.97 Å². The largest absolute Gasteiger partial charge is 0.481 e. The molecule has 0 radical (unpaired) electrons. The number of nitrogens with zero attached hydrogens (tertiary/aromatic N) is 1. The second kappa shape index (κ2) is 4.80. The van der Waals surface area contributed by atoms with Crippen molar-refractivity contribution < 1.29 is 14.7 Å². The fourth-order valence-electron chi connectivity index (χ4n) is 2.64. The van der Waals surface area contributed by atoms with Gasteiger partial charge in [0.1, 0.15) is 0 Å². The number of rotatable bonds is 3. The van der Waals surface area contributed by atoms with E-state index < -0.39 is 5.97 Å². The van der Waals surface area contributed by atoms with Crippen molar-refractivity contribution in [2.24, 2.45) is 0 Å². The number of anilines is 1. The van der Waals surface area contributed by atoms with Gasteiger partial charge in [-0.3, -0.25) is 9.59 Å². The van der Waals surface area contributed by atoms with E-state index in [1.165, 1.54) is 6.92 Å². The minimum Gasteiger partial charge on any atom is -0.481 e. The number of fused-ring (bicyclic) bond motifs is 1. The van der Waals surface area contributed by atoms with E-state index in [0.29, 0.717) is 6.54 Å². The Morgan fingerprint density at radius 2 is 2.17 bits per heavy atom. The maximum absolute atomic E-state index is 11.7. The lowest BCUT2D eigenvalue weighted by molar-refractivity contribution is -0.137. The predicted molar refractivity (Wildman–Crippen MR) is 68.8 cm³/mol. The summed E-state index contributed by atoms with van der Waals surface area (Å²) in [5.74, 6) is -0.934. The zero-order chi connectivity index (χ0) is 13.3. The van der Waals surface area contributed by atoms with E-state index in [0.717, 1.165) is 23.2 Å². The van der Waals surface area contributed by atoms with Gasteiger partial charge in [-0.15, -0.1) is 0 Å². The molecule has 1 aliphatic heterocycles. The van der Waals surface area contributed by atoms with Crippen LogP contribution in [0.5, 0.6) is 0 Å². The van der Waals surface area contributed by atoms with Crippen molar-refractivity contribution in [2.45, 2.75) is 32.6 Å². The van der Waals surface area contributed by atoms with Crippen LogP contribution >= 0.6 is 0 Å². The van der Waals surface area contributed by atoms with Crippen LogP contribution in [0, 0.1) is 0 Å². The number of aliphatic carboxylic acids is 1. The number of para-hydroxylation sites is 1. The fraction of sp³-hybridized carbons (Fsp3) is 0.429. The number of hydrogen-bond donors (Lipinski definition) is 1. The summed E-state index contributed by atoms with van der Waals surface area (Å²) >= 11 is 0. The van der Waals surface area contributed by atoms with Crippen molar-refractivity contribution in [1.29, 1.82) is 0 Å². The summed E-state index contributed by atoms with van der Waals surface area (Å²) in [6.07, 6.45) is 0.913. The Morgan fingerprint density at radius 3 is 2.72 bits per heavy atom. The molecule has 1 aromatic rings. The van der Waals surface area contributed by atoms with Crippen LogP contribution in [-0.4, -0.2) is 23.5 Å². The van der Waals surface area contributed by atoms with Gasteiger partial charge in [-0.25, -0.2) is 0 Å². The quantitative estimate of drug-likeness (QED) is 0.890. The van der Waals surface area contributed by atoms with Crippen LogP contribution in [0.15, 0.2) is 18.2 Å². The maximum atomic E-state index is 11.7. The number of aryl methyl sites for hydroxylation is 1. The van der Waals surface area contributed by atoms with Crippen molar-refractivity contribution in [2.75, 3.05) is 11.4 Å². The molecule has 4 heteroatoms. The van der Waals surface area contributed by atoms with Gasteiger partial charge < -0.3 is 10.0 Å². The number of carboxylic acids is 1. The fourth-order valence-corrected chi connectivity index (χ4v) is 2.64. The van der Waals surface area contributed by atoms with Gasteiger partial charge in [0, 0.05) is 19.4 Å². The number of hydrogen-bond acceptors (Lipinski definition) is 2. The molecule has 18 heavy (non-hydrogen) atoms. The van der Waals surface area contributed by atoms with Gasteiger partial charge in [0.2, 0.25) is 5.91 Å². The zero-order valence-electron chi connectivity index (χ0n) is 10.6. The lowest BCUT2D eigenvalue weighted by Gasteiger charge is -2.17. The standard InChI is InChI=1S/C14H17NO3/c1-3-10-5-4-6-12-11(7-13(17)18)8-15(9(2)16)14(10)12/h4-6,11H,3,7-8H2,1-2H3,(H,17,18). The van der Waals surface area contributed by atoms with Crippen LogP contribution in [0.1, 0.15) is 37.3 Å². The third kappa shape index (κ3) is 2.10. The van der Waals surface area contributed by atoms with E-state index in [2.05, 4.69) is 0 Å². The topological polar surface area (TPSA) is 57.6 Å². The van der Waals surface area contributed by atoms with Gasteiger partial charge in [-0.2, -0.15) is 0 Å². The van der Waals surface area contributed by atoms with Crippen molar-refractivity contribution in [1.82, 2.24) is 0 Å². The Bertz CT molecular complexity index is 496. The van der Waals surface area contributed by atoms with Crippen LogP contribution < -0.4 is 4.90 Å². The van der Waals surface area contributed by atoms with Crippen molar-refractivity contribution in [3.8, 4) is 0 Å². The summed E-state index contributed by atoms with van der Waals surface area (Å²) in [6, 6.07) is 5.87. The van der Waals surface area contributed by atoms with Gasteiger partial charge in [0.25, 0.3) is 0 Å². The number of carbonyl (C=O) groups excluding carboxylic acids is 1. The highest BCUT2D eigenvalue weighted by atomic mass is 16.4. The lowest BCUT2D eigenvalue weighted by atomic mass is 9.95. The molecule has 1 unspecified atom stereocenters. The minimum absolute atomic E-state index is 0.0231. The summed E-state index contributed by atoms with van der Waals surface area (Å²) < 4.78 is 0. The second-order valence-electron chi connectivity index (χ2n) is 4.63. The second-order valence-corrected chi connectivity index (χ2v) is 4.63. The number of carboxylic acid groups (broad SMARTS) is 1. The van der Waals surface area contributed by atoms with Gasteiger partial charge in [-0.1, -0.05) is 25.1 Å². The predicted octanol–water partition coefficient (Wildman–Crippen LogP) is 2.17. The first-order valence-corrected chi connectivity index (χ1v) is 6.16. The molecule has 96 valence electrons. The zero-order valence-corrected chi connectivity index (χ0v) is 10.6. The van der Waals surface area contributed by atoms with Gasteiger partial charge in [-0.05, 0) is 17.5 Å². The molecule has 4 nitrogen and oxygen atoms in total. The molecule has 1 heterocycles. The maximum Gasteiger partial charge on any atom is 0.304 e. The molecule has 1 aromatic carbocycles. The average molecular weight is 247 g/mol. The van der Waals surface area contributed by atoms with E-state index in [1.807, 2.05) is 25.1 Å². The molecule has 0 saturated heterocycles. The van der Waals surface area contributed by atoms with E-state index in [1.54, 1.807) is 4.90 Å². The molecule has 0 aliphatic carbocycles. The smallest absolute Gasteiger partial charge is 0.304 e. The Balaban J connectivity index is 2.47. The Kier molecular flexibility index (Phi) is 3.36. The van der Waals surface area contributed by atoms with Crippen LogP contribution in [0.25, 0.3) is 0 Å². The SMILES string of the molecule is CCc1cccc2c1N(C(C)=O)CC2CC(=O)O. The molecule has 1 N–H and O–H groups in total. The summed E-state index contributed by atoms with van der Waals surface area (Å²) in [5, 5.41) is 8.95. The summed E-state index contributed by atoms with van der Waals surface area (Å²) in [6.45, 7) is 4.05. The van der Waals surface area contributed by atoms with Crippen molar-refractivity contribution >= 4 is 17.6 Å². The van der Waals surface area contributed by atoms with Crippen molar-refractivity contribution in [3.05, 3.63) is 29.3 Å². The van der Waals surface area contributed by atoms with Crippen LogP contribution in [0.4, 0.5) is 5.69 Å². The molecule has 0 aromatic heterocycles. The molecule has 1 atom stereocenters. The highest BCUT2D eigenvalue weighted by Crippen LogP contribution is 2.40. The lowest BCUT2D eigenvalue weighted by Crippen LogP contribution is -2.28. The number of amides is 1. The summed E-state index contributed by atoms with van der Waals surface area (Å²) in [5.41, 5.74) is 3.03. The number of carbonyl (C=O) groups is 2. The Hall–Kier alpha value is -1.84. The van der Waals surface area contributed by atoms with Gasteiger partial charge in [0.15, 0.2) is 0 Å². The summed E-state index contributed by atoms with van der Waals surface area (Å²) in [4.78, 5) is 24.3. The first-order valence-electron chi connectivity index (χ1n) is 6.16. The highest BCUT2D eigenvalue weighted by Gasteiger charge is 2.33. The monoisotopic (exact) mass is 247 g/mol. The van der Waals surface area contributed by atoms with E-state index >= 15 is 0 Å². The van der Waals surface area contributed by atoms with Crippen LogP contribution in [-0.2, 0) is 16.0 Å². The third-order valence-corrected chi connectivity index (χ3v) is 3.45. The van der Waals surface area contributed by atoms with E-state index in [9.17, 15) is 9.59 Å². The van der Waals surface area contributed by atoms with E-state index in [4.69, 9.17) is 5.11 Å². The minimum atomic E-state index is -0.821. The first-order chi connectivity index (χ1) is 8.54. The molecule has 0 fully saturated rings. The molecule has 2 rings (SSSR count). The highest BCUT2D eigenvalue weighted by molar-refractivity contribution is 5.95. The molecular formula is C14H17NO3. The third-order valence-electron chi connectivity index (χ3n) is 3.45.